The zero-order valence-corrected chi connectivity index (χ0v) is 15.4. The third-order valence-corrected chi connectivity index (χ3v) is 5.73. The molecule has 0 radical (unpaired) electrons. The minimum atomic E-state index is -0.315. The van der Waals surface area contributed by atoms with E-state index in [-0.39, 0.29) is 23.6 Å². The van der Waals surface area contributed by atoms with E-state index in [1.807, 2.05) is 30.5 Å². The van der Waals surface area contributed by atoms with Crippen LogP contribution in [0.3, 0.4) is 0 Å². The van der Waals surface area contributed by atoms with Crippen molar-refractivity contribution in [3.8, 4) is 0 Å². The summed E-state index contributed by atoms with van der Waals surface area (Å²) in [5, 5.41) is 11.1. The summed E-state index contributed by atoms with van der Waals surface area (Å²) in [7, 11) is 1.55. The number of nitrogens with zero attached hydrogens (tertiary/aromatic N) is 2. The van der Waals surface area contributed by atoms with Crippen LogP contribution in [0.5, 0.6) is 0 Å². The molecule has 3 N–H and O–H groups in total. The lowest BCUT2D eigenvalue weighted by Crippen LogP contribution is -2.31. The Morgan fingerprint density at radius 2 is 2.07 bits per heavy atom. The molecular formula is C20H21N5O3. The van der Waals surface area contributed by atoms with Gasteiger partial charge in [-0.25, -0.2) is 0 Å². The Bertz CT molecular complexity index is 1060. The van der Waals surface area contributed by atoms with Crippen molar-refractivity contribution < 1.29 is 14.3 Å². The molecule has 28 heavy (non-hydrogen) atoms. The van der Waals surface area contributed by atoms with E-state index in [0.717, 1.165) is 16.5 Å². The second kappa shape index (κ2) is 6.49. The van der Waals surface area contributed by atoms with Crippen LogP contribution in [-0.2, 0) is 11.3 Å². The van der Waals surface area contributed by atoms with Crippen LogP contribution < -0.4 is 10.6 Å². The van der Waals surface area contributed by atoms with E-state index in [4.69, 9.17) is 4.74 Å². The van der Waals surface area contributed by atoms with Gasteiger partial charge in [0.25, 0.3) is 11.8 Å². The quantitative estimate of drug-likeness (QED) is 0.619. The fraction of sp³-hybridized carbons (Fsp3) is 0.350. The maximum absolute atomic E-state index is 12.9. The first-order valence-electron chi connectivity index (χ1n) is 9.39. The van der Waals surface area contributed by atoms with Crippen LogP contribution in [0.2, 0.25) is 0 Å². The molecule has 3 heterocycles. The van der Waals surface area contributed by atoms with Crippen molar-refractivity contribution in [2.45, 2.75) is 12.6 Å². The Balaban J connectivity index is 1.45. The van der Waals surface area contributed by atoms with E-state index in [1.54, 1.807) is 17.8 Å². The van der Waals surface area contributed by atoms with Gasteiger partial charge in [0.2, 0.25) is 0 Å². The monoisotopic (exact) mass is 379 g/mol. The van der Waals surface area contributed by atoms with Gasteiger partial charge in [-0.3, -0.25) is 14.3 Å². The first-order chi connectivity index (χ1) is 13.7. The Morgan fingerprint density at radius 1 is 1.25 bits per heavy atom. The lowest BCUT2D eigenvalue weighted by atomic mass is 10.1. The van der Waals surface area contributed by atoms with Gasteiger partial charge in [0.1, 0.15) is 5.69 Å². The van der Waals surface area contributed by atoms with Crippen LogP contribution >= 0.6 is 0 Å². The fourth-order valence-corrected chi connectivity index (χ4v) is 4.09. The summed E-state index contributed by atoms with van der Waals surface area (Å²) in [6, 6.07) is 9.67. The summed E-state index contributed by atoms with van der Waals surface area (Å²) in [5.74, 6) is 0.298. The maximum Gasteiger partial charge on any atom is 0.271 e. The zero-order chi connectivity index (χ0) is 19.3. The second-order valence-electron chi connectivity index (χ2n) is 7.37. The van der Waals surface area contributed by atoms with E-state index in [1.165, 1.54) is 0 Å². The number of benzene rings is 1. The van der Waals surface area contributed by atoms with Gasteiger partial charge in [0.05, 0.1) is 19.8 Å². The first kappa shape index (κ1) is 17.0. The number of hydrogen-bond donors (Lipinski definition) is 3. The van der Waals surface area contributed by atoms with Crippen LogP contribution in [0.1, 0.15) is 26.5 Å². The SMILES string of the molecule is CNC(=O)c1cc(C(=O)NC2C3COCC32)n(Cc2cccc3[nH]ccc23)n1. The van der Waals surface area contributed by atoms with Gasteiger partial charge >= 0.3 is 0 Å². The van der Waals surface area contributed by atoms with Crippen LogP contribution in [0.15, 0.2) is 36.5 Å². The van der Waals surface area contributed by atoms with E-state index in [9.17, 15) is 9.59 Å². The van der Waals surface area contributed by atoms with Crippen LogP contribution in [-0.4, -0.2) is 52.9 Å². The summed E-state index contributed by atoms with van der Waals surface area (Å²) in [6.07, 6.45) is 1.88. The third kappa shape index (κ3) is 2.77. The summed E-state index contributed by atoms with van der Waals surface area (Å²) in [6.45, 7) is 1.80. The molecule has 1 saturated carbocycles. The molecule has 1 aliphatic heterocycles. The first-order valence-corrected chi connectivity index (χ1v) is 9.39. The molecule has 5 rings (SSSR count). The summed E-state index contributed by atoms with van der Waals surface area (Å²) < 4.78 is 6.99. The predicted molar refractivity (Wildman–Crippen MR) is 102 cm³/mol. The Hall–Kier alpha value is -3.13. The number of amides is 2. The molecule has 2 unspecified atom stereocenters. The van der Waals surface area contributed by atoms with Gasteiger partial charge in [0.15, 0.2) is 5.69 Å². The minimum Gasteiger partial charge on any atom is -0.381 e. The number of aromatic nitrogens is 3. The molecule has 8 nitrogen and oxygen atoms in total. The molecule has 2 amide bonds. The van der Waals surface area contributed by atoms with E-state index < -0.39 is 0 Å². The van der Waals surface area contributed by atoms with Crippen molar-refractivity contribution in [3.05, 3.63) is 53.5 Å². The molecule has 0 spiro atoms. The van der Waals surface area contributed by atoms with E-state index in [2.05, 4.69) is 20.7 Å². The highest BCUT2D eigenvalue weighted by molar-refractivity contribution is 5.98. The number of rotatable bonds is 5. The maximum atomic E-state index is 12.9. The Labute approximate surface area is 161 Å². The van der Waals surface area contributed by atoms with Crippen molar-refractivity contribution in [1.29, 1.82) is 0 Å². The molecule has 2 fully saturated rings. The fourth-order valence-electron chi connectivity index (χ4n) is 4.09. The Morgan fingerprint density at radius 3 is 2.86 bits per heavy atom. The predicted octanol–water partition coefficient (Wildman–Crippen LogP) is 1.15. The number of aromatic amines is 1. The standard InChI is InChI=1S/C20H21N5O3/c1-21-19(26)16-7-17(20(27)23-18-13-9-28-10-14(13)18)25(24-16)8-11-3-2-4-15-12(11)5-6-22-15/h2-7,13-14,18,22H,8-10H2,1H3,(H,21,26)(H,23,27). The molecule has 1 aromatic carbocycles. The van der Waals surface area contributed by atoms with Crippen molar-refractivity contribution in [2.75, 3.05) is 20.3 Å². The topological polar surface area (TPSA) is 101 Å². The van der Waals surface area contributed by atoms with Gasteiger partial charge in [-0.2, -0.15) is 5.10 Å². The lowest BCUT2D eigenvalue weighted by molar-refractivity contribution is 0.0917. The number of fused-ring (bicyclic) bond motifs is 2. The second-order valence-corrected chi connectivity index (χ2v) is 7.37. The highest BCUT2D eigenvalue weighted by atomic mass is 16.5. The van der Waals surface area contributed by atoms with Gasteiger partial charge in [-0.1, -0.05) is 12.1 Å². The molecule has 2 aliphatic rings. The average Bonchev–Trinajstić information content (AvgIpc) is 3.22. The van der Waals surface area contributed by atoms with Gasteiger partial charge in [-0.05, 0) is 17.7 Å². The lowest BCUT2D eigenvalue weighted by Gasteiger charge is -2.10. The van der Waals surface area contributed by atoms with Crippen LogP contribution in [0.25, 0.3) is 10.9 Å². The number of carbonyl (C=O) groups excluding carboxylic acids is 2. The average molecular weight is 379 g/mol. The number of ether oxygens (including phenoxy) is 1. The molecular weight excluding hydrogens is 358 g/mol. The molecule has 2 atom stereocenters. The summed E-state index contributed by atoms with van der Waals surface area (Å²) in [5.41, 5.74) is 2.66. The smallest absolute Gasteiger partial charge is 0.271 e. The van der Waals surface area contributed by atoms with E-state index >= 15 is 0 Å². The van der Waals surface area contributed by atoms with Crippen molar-refractivity contribution in [3.63, 3.8) is 0 Å². The molecule has 1 aliphatic carbocycles. The minimum absolute atomic E-state index is 0.154. The van der Waals surface area contributed by atoms with Crippen LogP contribution in [0, 0.1) is 11.8 Å². The molecule has 1 saturated heterocycles. The van der Waals surface area contributed by atoms with Crippen molar-refractivity contribution in [1.82, 2.24) is 25.4 Å². The van der Waals surface area contributed by atoms with Crippen LogP contribution in [0.4, 0.5) is 0 Å². The number of H-pyrrole nitrogens is 1. The van der Waals surface area contributed by atoms with Crippen molar-refractivity contribution >= 4 is 22.7 Å². The van der Waals surface area contributed by atoms with Crippen molar-refractivity contribution in [2.24, 2.45) is 11.8 Å². The summed E-state index contributed by atoms with van der Waals surface area (Å²) in [4.78, 5) is 28.2. The largest absolute Gasteiger partial charge is 0.381 e. The number of carbonyl (C=O) groups is 2. The third-order valence-electron chi connectivity index (χ3n) is 5.73. The van der Waals surface area contributed by atoms with Gasteiger partial charge in [0, 0.05) is 48.1 Å². The molecule has 3 aromatic rings. The molecule has 0 bridgehead atoms. The normalized spacial score (nSPS) is 22.8. The molecule has 8 heteroatoms. The Kier molecular flexibility index (Phi) is 3.94. The highest BCUT2D eigenvalue weighted by Gasteiger charge is 2.54. The van der Waals surface area contributed by atoms with Gasteiger partial charge < -0.3 is 20.4 Å². The zero-order valence-electron chi connectivity index (χ0n) is 15.4. The molecule has 144 valence electrons. The van der Waals surface area contributed by atoms with E-state index in [0.29, 0.717) is 37.3 Å². The summed E-state index contributed by atoms with van der Waals surface area (Å²) >= 11 is 0. The number of nitrogens with one attached hydrogen (secondary N) is 3. The highest BCUT2D eigenvalue weighted by Crippen LogP contribution is 2.44. The number of hydrogen-bond acceptors (Lipinski definition) is 4. The molecule has 2 aromatic heterocycles. The van der Waals surface area contributed by atoms with Gasteiger partial charge in [-0.15, -0.1) is 0 Å².